The lowest BCUT2D eigenvalue weighted by molar-refractivity contribution is 0.268. The summed E-state index contributed by atoms with van der Waals surface area (Å²) in [6.07, 6.45) is 5.92. The molecule has 1 atom stereocenters. The summed E-state index contributed by atoms with van der Waals surface area (Å²) >= 11 is 0. The fourth-order valence-electron chi connectivity index (χ4n) is 3.75. The van der Waals surface area contributed by atoms with E-state index in [0.717, 1.165) is 11.3 Å². The Hall–Kier alpha value is -2.52. The molecule has 0 saturated carbocycles. The molecule has 0 unspecified atom stereocenters. The Bertz CT molecular complexity index is 1130. The Labute approximate surface area is 163 Å². The van der Waals surface area contributed by atoms with Crippen LogP contribution in [-0.4, -0.2) is 27.7 Å². The molecule has 0 spiro atoms. The lowest BCUT2D eigenvalue weighted by atomic mass is 9.74. The van der Waals surface area contributed by atoms with Crippen molar-refractivity contribution in [1.29, 1.82) is 0 Å². The summed E-state index contributed by atoms with van der Waals surface area (Å²) < 4.78 is 45.3. The first-order valence-corrected chi connectivity index (χ1v) is 10.5. The summed E-state index contributed by atoms with van der Waals surface area (Å²) in [5.41, 5.74) is 2.15. The van der Waals surface area contributed by atoms with Gasteiger partial charge >= 0.3 is 0 Å². The van der Waals surface area contributed by atoms with Gasteiger partial charge in [-0.05, 0) is 36.5 Å². The smallest absolute Gasteiger partial charge is 0.260 e. The van der Waals surface area contributed by atoms with Crippen LogP contribution in [-0.2, 0) is 23.5 Å². The molecule has 0 fully saturated rings. The molecule has 0 saturated heterocycles. The van der Waals surface area contributed by atoms with E-state index < -0.39 is 16.1 Å². The van der Waals surface area contributed by atoms with Crippen LogP contribution in [0.15, 0.2) is 48.0 Å². The minimum Gasteiger partial charge on any atom is -0.339 e. The van der Waals surface area contributed by atoms with Crippen molar-refractivity contribution in [2.75, 3.05) is 0 Å². The molecule has 1 aromatic carbocycles. The van der Waals surface area contributed by atoms with Gasteiger partial charge in [-0.3, -0.25) is 0 Å². The predicted molar refractivity (Wildman–Crippen MR) is 102 cm³/mol. The van der Waals surface area contributed by atoms with Crippen LogP contribution in [0.1, 0.15) is 37.6 Å². The van der Waals surface area contributed by atoms with E-state index in [1.807, 2.05) is 0 Å². The molecule has 9 heteroatoms. The average molecular weight is 403 g/mol. The number of halogens is 1. The van der Waals surface area contributed by atoms with Crippen LogP contribution in [0, 0.1) is 11.2 Å². The van der Waals surface area contributed by atoms with E-state index in [0.29, 0.717) is 18.5 Å². The SMILES string of the molecule is Cn1cnc(S(=O)(=O)N[C@@H]2CC(C)(C)Cc3c2cnn3-c2cccc(F)c2)c1. The lowest BCUT2D eigenvalue weighted by Gasteiger charge is -2.35. The number of aromatic nitrogens is 4. The van der Waals surface area contributed by atoms with Gasteiger partial charge in [0.15, 0.2) is 5.03 Å². The number of nitrogens with one attached hydrogen (secondary N) is 1. The van der Waals surface area contributed by atoms with E-state index in [2.05, 4.69) is 28.7 Å². The summed E-state index contributed by atoms with van der Waals surface area (Å²) in [5, 5.41) is 4.41. The molecule has 0 amide bonds. The van der Waals surface area contributed by atoms with Crippen molar-refractivity contribution >= 4 is 10.0 Å². The van der Waals surface area contributed by atoms with E-state index in [1.165, 1.54) is 24.7 Å². The highest BCUT2D eigenvalue weighted by atomic mass is 32.2. The van der Waals surface area contributed by atoms with E-state index in [1.54, 1.807) is 34.6 Å². The zero-order valence-electron chi connectivity index (χ0n) is 15.9. The fraction of sp³-hybridized carbons (Fsp3) is 0.368. The van der Waals surface area contributed by atoms with Crippen molar-refractivity contribution in [1.82, 2.24) is 24.1 Å². The molecule has 1 aliphatic carbocycles. The minimum absolute atomic E-state index is 0.0162. The molecule has 0 aliphatic heterocycles. The predicted octanol–water partition coefficient (Wildman–Crippen LogP) is 2.74. The van der Waals surface area contributed by atoms with E-state index in [-0.39, 0.29) is 16.3 Å². The molecule has 2 heterocycles. The Morgan fingerprint density at radius 3 is 2.79 bits per heavy atom. The van der Waals surface area contributed by atoms with Crippen LogP contribution in [0.2, 0.25) is 0 Å². The molecule has 4 rings (SSSR count). The zero-order valence-corrected chi connectivity index (χ0v) is 16.7. The zero-order chi connectivity index (χ0) is 20.1. The number of rotatable bonds is 4. The molecule has 0 bridgehead atoms. The topological polar surface area (TPSA) is 81.8 Å². The van der Waals surface area contributed by atoms with Crippen LogP contribution in [0.4, 0.5) is 4.39 Å². The lowest BCUT2D eigenvalue weighted by Crippen LogP contribution is -2.36. The maximum Gasteiger partial charge on any atom is 0.260 e. The molecular weight excluding hydrogens is 381 g/mol. The van der Waals surface area contributed by atoms with Gasteiger partial charge in [-0.1, -0.05) is 19.9 Å². The summed E-state index contributed by atoms with van der Waals surface area (Å²) in [5.74, 6) is -0.343. The van der Waals surface area contributed by atoms with Crippen molar-refractivity contribution in [2.45, 2.75) is 37.8 Å². The first-order valence-electron chi connectivity index (χ1n) is 8.98. The number of hydrogen-bond donors (Lipinski definition) is 1. The van der Waals surface area contributed by atoms with Gasteiger partial charge < -0.3 is 4.57 Å². The van der Waals surface area contributed by atoms with Crippen LogP contribution < -0.4 is 4.72 Å². The van der Waals surface area contributed by atoms with E-state index >= 15 is 0 Å². The number of fused-ring (bicyclic) bond motifs is 1. The summed E-state index contributed by atoms with van der Waals surface area (Å²) in [7, 11) is -2.05. The highest BCUT2D eigenvalue weighted by Crippen LogP contribution is 2.41. The molecule has 2 aromatic heterocycles. The Kier molecular flexibility index (Phi) is 4.39. The van der Waals surface area contributed by atoms with Crippen LogP contribution >= 0.6 is 0 Å². The van der Waals surface area contributed by atoms with Gasteiger partial charge in [0.05, 0.1) is 24.3 Å². The number of hydrogen-bond acceptors (Lipinski definition) is 4. The molecule has 148 valence electrons. The molecule has 7 nitrogen and oxygen atoms in total. The van der Waals surface area contributed by atoms with Gasteiger partial charge in [0.2, 0.25) is 0 Å². The Balaban J connectivity index is 1.74. The van der Waals surface area contributed by atoms with Gasteiger partial charge in [0.1, 0.15) is 5.82 Å². The third-order valence-electron chi connectivity index (χ3n) is 4.99. The monoisotopic (exact) mass is 403 g/mol. The first-order chi connectivity index (χ1) is 13.1. The fourth-order valence-corrected chi connectivity index (χ4v) is 4.95. The first kappa shape index (κ1) is 18.8. The van der Waals surface area contributed by atoms with Gasteiger partial charge in [-0.15, -0.1) is 0 Å². The Morgan fingerprint density at radius 1 is 1.32 bits per heavy atom. The second-order valence-corrected chi connectivity index (χ2v) is 9.70. The van der Waals surface area contributed by atoms with Gasteiger partial charge in [-0.2, -0.15) is 5.10 Å². The van der Waals surface area contributed by atoms with Crippen molar-refractivity contribution in [2.24, 2.45) is 12.5 Å². The molecule has 1 aliphatic rings. The minimum atomic E-state index is -3.77. The number of nitrogens with zero attached hydrogens (tertiary/aromatic N) is 4. The number of aryl methyl sites for hydroxylation is 1. The van der Waals surface area contributed by atoms with Crippen LogP contribution in [0.5, 0.6) is 0 Å². The van der Waals surface area contributed by atoms with E-state index in [9.17, 15) is 12.8 Å². The molecule has 0 radical (unpaired) electrons. The maximum atomic E-state index is 13.7. The largest absolute Gasteiger partial charge is 0.339 e. The number of imidazole rings is 1. The second kappa shape index (κ2) is 6.52. The van der Waals surface area contributed by atoms with Crippen LogP contribution in [0.3, 0.4) is 0 Å². The Morgan fingerprint density at radius 2 is 2.11 bits per heavy atom. The molecule has 28 heavy (non-hydrogen) atoms. The molecular formula is C19H22FN5O2S. The number of benzene rings is 1. The van der Waals surface area contributed by atoms with Gasteiger partial charge in [0, 0.05) is 24.5 Å². The molecule has 1 N–H and O–H groups in total. The molecule has 3 aromatic rings. The van der Waals surface area contributed by atoms with Gasteiger partial charge in [-0.25, -0.2) is 27.2 Å². The maximum absolute atomic E-state index is 13.7. The van der Waals surface area contributed by atoms with Crippen molar-refractivity contribution in [3.8, 4) is 5.69 Å². The summed E-state index contributed by atoms with van der Waals surface area (Å²) in [6.45, 7) is 4.17. The summed E-state index contributed by atoms with van der Waals surface area (Å²) in [6, 6.07) is 5.78. The quantitative estimate of drug-likeness (QED) is 0.726. The third-order valence-corrected chi connectivity index (χ3v) is 6.34. The third kappa shape index (κ3) is 3.47. The normalized spacial score (nSPS) is 18.8. The average Bonchev–Trinajstić information content (AvgIpc) is 3.20. The number of sulfonamides is 1. The van der Waals surface area contributed by atoms with Crippen molar-refractivity contribution < 1.29 is 12.8 Å². The standard InChI is InChI=1S/C19H22FN5O2S/c1-19(2)8-16(23-28(26,27)18-11-24(3)12-21-18)15-10-22-25(17(15)9-19)14-6-4-5-13(20)7-14/h4-7,10-12,16,23H,8-9H2,1-3H3/t16-/m1/s1. The second-order valence-electron chi connectivity index (χ2n) is 8.03. The highest BCUT2D eigenvalue weighted by Gasteiger charge is 2.37. The van der Waals surface area contributed by atoms with Gasteiger partial charge in [0.25, 0.3) is 10.0 Å². The van der Waals surface area contributed by atoms with Crippen LogP contribution in [0.25, 0.3) is 5.69 Å². The van der Waals surface area contributed by atoms with Crippen molar-refractivity contribution in [3.05, 3.63) is 60.1 Å². The summed E-state index contributed by atoms with van der Waals surface area (Å²) in [4.78, 5) is 3.96. The van der Waals surface area contributed by atoms with E-state index in [4.69, 9.17) is 0 Å². The highest BCUT2D eigenvalue weighted by molar-refractivity contribution is 7.89. The van der Waals surface area contributed by atoms with Crippen molar-refractivity contribution in [3.63, 3.8) is 0 Å².